The first kappa shape index (κ1) is 29.4. The van der Waals surface area contributed by atoms with Crippen LogP contribution in [0, 0.1) is 0 Å². The third-order valence-electron chi connectivity index (χ3n) is 8.20. The van der Waals surface area contributed by atoms with Gasteiger partial charge in [-0.1, -0.05) is 67.0 Å². The van der Waals surface area contributed by atoms with E-state index in [1.165, 1.54) is 0 Å². The topological polar surface area (TPSA) is 103 Å². The molecule has 7 rings (SSSR count). The van der Waals surface area contributed by atoms with E-state index in [2.05, 4.69) is 35.3 Å². The Morgan fingerprint density at radius 1 is 1.02 bits per heavy atom. The predicted octanol–water partition coefficient (Wildman–Crippen LogP) is 3.11. The minimum Gasteiger partial charge on any atom is -1.00 e. The molecule has 1 N–H and O–H groups in total. The van der Waals surface area contributed by atoms with E-state index in [1.54, 1.807) is 0 Å². The van der Waals surface area contributed by atoms with Crippen LogP contribution in [0.1, 0.15) is 68.2 Å². The number of aryl methyl sites for hydroxylation is 1. The molecule has 0 radical (unpaired) electrons. The maximum Gasteiger partial charge on any atom is 1.00 e. The van der Waals surface area contributed by atoms with E-state index < -0.39 is 5.76 Å². The molecule has 2 aliphatic rings. The van der Waals surface area contributed by atoms with Gasteiger partial charge in [0.1, 0.15) is 11.6 Å². The summed E-state index contributed by atoms with van der Waals surface area (Å²) in [6, 6.07) is 22.0. The predicted molar refractivity (Wildman–Crippen MR) is 162 cm³/mol. The van der Waals surface area contributed by atoms with Crippen LogP contribution in [-0.2, 0) is 19.3 Å². The zero-order valence-electron chi connectivity index (χ0n) is 25.6. The van der Waals surface area contributed by atoms with E-state index in [1.807, 2.05) is 53.1 Å². The second-order valence-electron chi connectivity index (χ2n) is 11.2. The third-order valence-corrected chi connectivity index (χ3v) is 8.20. The fourth-order valence-electron chi connectivity index (χ4n) is 5.82. The Morgan fingerprint density at radius 3 is 2.53 bits per heavy atom. The van der Waals surface area contributed by atoms with Gasteiger partial charge in [0.15, 0.2) is 5.82 Å². The molecule has 3 aromatic carbocycles. The molecule has 2 aromatic heterocycles. The third kappa shape index (κ3) is 5.92. The Bertz CT molecular complexity index is 1890. The van der Waals surface area contributed by atoms with Gasteiger partial charge in [0.05, 0.1) is 18.0 Å². The number of aromatic amines is 1. The maximum absolute atomic E-state index is 14.3. The molecule has 0 saturated heterocycles. The SMILES string of the molecule is CCCCc1nc(C2CC2)n(-c2ccc3c(c2)CCO3)c(=O)c1Cc1ccc(-c2ccccc2-c2noc(=O)[nH]2)cc1.[H-].[Na+]. The summed E-state index contributed by atoms with van der Waals surface area (Å²) in [4.78, 5) is 33.7. The molecule has 1 fully saturated rings. The van der Waals surface area contributed by atoms with Gasteiger partial charge in [-0.2, -0.15) is 0 Å². The van der Waals surface area contributed by atoms with Gasteiger partial charge >= 0.3 is 35.3 Å². The number of rotatable bonds is 9. The molecule has 0 atom stereocenters. The molecule has 9 heteroatoms. The molecule has 0 spiro atoms. The van der Waals surface area contributed by atoms with Gasteiger partial charge in [-0.15, -0.1) is 0 Å². The fourth-order valence-corrected chi connectivity index (χ4v) is 5.82. The standard InChI is InChI=1S/C34H32N4O4.Na.H/c1-2-3-8-29-28(33(39)38(32(35-29)23-13-14-23)25-15-16-30-24(20-25)17-18-41-30)19-21-9-11-22(12-10-21)26-6-4-5-7-27(26)31-36-34(40)42-37-31;;/h4-7,9-12,15-16,20,23H,2-3,8,13-14,17-19H2,1H3,(H,36,37,40);;/q;+1;-1. The van der Waals surface area contributed by atoms with Crippen molar-refractivity contribution in [2.45, 2.75) is 57.8 Å². The van der Waals surface area contributed by atoms with E-state index in [4.69, 9.17) is 14.2 Å². The minimum absolute atomic E-state index is 0. The summed E-state index contributed by atoms with van der Waals surface area (Å²) >= 11 is 0. The van der Waals surface area contributed by atoms with Crippen LogP contribution < -0.4 is 45.6 Å². The van der Waals surface area contributed by atoms with Gasteiger partial charge in [0.2, 0.25) is 0 Å². The number of nitrogens with one attached hydrogen (secondary N) is 1. The van der Waals surface area contributed by atoms with Crippen molar-refractivity contribution in [3.8, 4) is 34.0 Å². The molecule has 1 saturated carbocycles. The van der Waals surface area contributed by atoms with Crippen LogP contribution in [0.2, 0.25) is 0 Å². The minimum atomic E-state index is -0.589. The molecular formula is C34H33N4NaO4. The van der Waals surface area contributed by atoms with Crippen LogP contribution in [0.3, 0.4) is 0 Å². The van der Waals surface area contributed by atoms with Crippen LogP contribution in [0.5, 0.6) is 5.75 Å². The number of H-pyrrole nitrogens is 1. The molecule has 3 heterocycles. The smallest absolute Gasteiger partial charge is 1.00 e. The summed E-state index contributed by atoms with van der Waals surface area (Å²) in [5, 5.41) is 3.87. The molecule has 0 bridgehead atoms. The summed E-state index contributed by atoms with van der Waals surface area (Å²) < 4.78 is 12.3. The van der Waals surface area contributed by atoms with E-state index in [9.17, 15) is 9.59 Å². The quantitative estimate of drug-likeness (QED) is 0.267. The number of hydrogen-bond donors (Lipinski definition) is 1. The van der Waals surface area contributed by atoms with Gasteiger partial charge in [-0.05, 0) is 66.1 Å². The van der Waals surface area contributed by atoms with Crippen molar-refractivity contribution in [3.63, 3.8) is 0 Å². The summed E-state index contributed by atoms with van der Waals surface area (Å²) in [6.45, 7) is 2.85. The fraction of sp³-hybridized carbons (Fsp3) is 0.294. The molecule has 0 amide bonds. The van der Waals surface area contributed by atoms with Crippen molar-refractivity contribution in [1.29, 1.82) is 0 Å². The second-order valence-corrected chi connectivity index (χ2v) is 11.2. The van der Waals surface area contributed by atoms with E-state index in [0.717, 1.165) is 94.9 Å². The van der Waals surface area contributed by atoms with Crippen LogP contribution in [0.15, 0.2) is 80.8 Å². The van der Waals surface area contributed by atoms with Gasteiger partial charge in [0.25, 0.3) is 5.56 Å². The molecule has 1 aliphatic heterocycles. The van der Waals surface area contributed by atoms with Crippen molar-refractivity contribution in [1.82, 2.24) is 19.7 Å². The van der Waals surface area contributed by atoms with Crippen molar-refractivity contribution in [2.75, 3.05) is 6.61 Å². The van der Waals surface area contributed by atoms with Gasteiger partial charge < -0.3 is 6.16 Å². The molecule has 8 nitrogen and oxygen atoms in total. The number of nitrogens with zero attached hydrogens (tertiary/aromatic N) is 3. The number of benzene rings is 3. The first-order valence-corrected chi connectivity index (χ1v) is 14.7. The molecule has 43 heavy (non-hydrogen) atoms. The van der Waals surface area contributed by atoms with Gasteiger partial charge in [-0.25, -0.2) is 9.78 Å². The maximum atomic E-state index is 14.3. The number of ether oxygens (including phenoxy) is 1. The van der Waals surface area contributed by atoms with Crippen molar-refractivity contribution in [2.24, 2.45) is 0 Å². The first-order valence-electron chi connectivity index (χ1n) is 14.7. The van der Waals surface area contributed by atoms with Crippen molar-refractivity contribution < 1.29 is 40.2 Å². The van der Waals surface area contributed by atoms with Crippen LogP contribution in [0.25, 0.3) is 28.2 Å². The normalized spacial score (nSPS) is 13.8. The average molecular weight is 585 g/mol. The van der Waals surface area contributed by atoms with Crippen LogP contribution >= 0.6 is 0 Å². The Hall–Kier alpha value is -3.72. The zero-order valence-corrected chi connectivity index (χ0v) is 26.6. The summed E-state index contributed by atoms with van der Waals surface area (Å²) in [5.74, 6) is 1.93. The van der Waals surface area contributed by atoms with E-state index >= 15 is 0 Å². The van der Waals surface area contributed by atoms with Crippen molar-refractivity contribution in [3.05, 3.63) is 116 Å². The molecule has 214 valence electrons. The molecule has 0 unspecified atom stereocenters. The Balaban J connectivity index is 0.00000192. The number of aromatic nitrogens is 4. The van der Waals surface area contributed by atoms with Gasteiger partial charge in [-0.3, -0.25) is 18.9 Å². The number of unbranched alkanes of at least 4 members (excludes halogenated alkanes) is 1. The average Bonchev–Trinajstić information content (AvgIpc) is 3.60. The molecule has 1 aliphatic carbocycles. The summed E-state index contributed by atoms with van der Waals surface area (Å²) in [7, 11) is 0. The van der Waals surface area contributed by atoms with Gasteiger partial charge in [0, 0.05) is 29.9 Å². The molecule has 5 aromatic rings. The van der Waals surface area contributed by atoms with E-state index in [0.29, 0.717) is 24.8 Å². The van der Waals surface area contributed by atoms with Crippen molar-refractivity contribution >= 4 is 0 Å². The Kier molecular flexibility index (Phi) is 8.52. The van der Waals surface area contributed by atoms with E-state index in [-0.39, 0.29) is 36.5 Å². The second kappa shape index (κ2) is 12.5. The number of fused-ring (bicyclic) bond motifs is 1. The Morgan fingerprint density at radius 2 is 1.81 bits per heavy atom. The first-order chi connectivity index (χ1) is 20.6. The van der Waals surface area contributed by atoms with Crippen LogP contribution in [-0.4, -0.2) is 26.3 Å². The summed E-state index contributed by atoms with van der Waals surface area (Å²) in [5.41, 5.74) is 7.45. The van der Waals surface area contributed by atoms with Crippen LogP contribution in [0.4, 0.5) is 0 Å². The molecular weight excluding hydrogens is 551 g/mol. The number of hydrogen-bond acceptors (Lipinski definition) is 6. The Labute approximate surface area is 272 Å². The largest absolute Gasteiger partial charge is 1.00 e. The monoisotopic (exact) mass is 584 g/mol. The summed E-state index contributed by atoms with van der Waals surface area (Å²) in [6.07, 6.45) is 6.32. The zero-order chi connectivity index (χ0) is 28.6.